The van der Waals surface area contributed by atoms with Crippen LogP contribution in [0.25, 0.3) is 0 Å². The van der Waals surface area contributed by atoms with Crippen LogP contribution in [-0.4, -0.2) is 60.5 Å². The highest BCUT2D eigenvalue weighted by molar-refractivity contribution is 5.01. The largest absolute Gasteiger partial charge is 0.394 e. The molecule has 3 fully saturated rings. The third kappa shape index (κ3) is 2.56. The molecule has 0 aromatic heterocycles. The van der Waals surface area contributed by atoms with E-state index in [0.717, 1.165) is 26.0 Å². The van der Waals surface area contributed by atoms with E-state index in [1.807, 2.05) is 7.05 Å². The van der Waals surface area contributed by atoms with Crippen LogP contribution in [0, 0.1) is 0 Å². The molecule has 4 heteroatoms. The van der Waals surface area contributed by atoms with Crippen LogP contribution >= 0.6 is 0 Å². The number of nitrogens with one attached hydrogen (secondary N) is 1. The fraction of sp³-hybridized carbons (Fsp3) is 1.00. The van der Waals surface area contributed by atoms with Crippen molar-refractivity contribution in [2.75, 3.05) is 26.8 Å². The van der Waals surface area contributed by atoms with E-state index in [2.05, 4.69) is 10.2 Å². The molecular weight excluding hydrogens is 240 g/mol. The zero-order valence-corrected chi connectivity index (χ0v) is 12.1. The molecule has 4 nitrogen and oxygen atoms in total. The molecule has 0 aromatic rings. The van der Waals surface area contributed by atoms with E-state index < -0.39 is 0 Å². The van der Waals surface area contributed by atoms with Gasteiger partial charge < -0.3 is 15.2 Å². The van der Waals surface area contributed by atoms with Crippen LogP contribution in [-0.2, 0) is 4.74 Å². The van der Waals surface area contributed by atoms with E-state index in [1.165, 1.54) is 32.1 Å². The van der Waals surface area contributed by atoms with E-state index in [-0.39, 0.29) is 12.1 Å². The van der Waals surface area contributed by atoms with Gasteiger partial charge in [0.1, 0.15) is 0 Å². The summed E-state index contributed by atoms with van der Waals surface area (Å²) < 4.78 is 5.97. The maximum atomic E-state index is 9.66. The Morgan fingerprint density at radius 2 is 2.16 bits per heavy atom. The molecule has 0 spiro atoms. The summed E-state index contributed by atoms with van der Waals surface area (Å²) in [7, 11) is 1.99. The van der Waals surface area contributed by atoms with Gasteiger partial charge in [-0.05, 0) is 39.2 Å². The van der Waals surface area contributed by atoms with Crippen LogP contribution in [0.4, 0.5) is 0 Å². The zero-order valence-electron chi connectivity index (χ0n) is 12.1. The summed E-state index contributed by atoms with van der Waals surface area (Å²) in [6, 6.07) is 1.27. The zero-order chi connectivity index (χ0) is 13.3. The monoisotopic (exact) mass is 268 g/mol. The number of aliphatic hydroxyl groups is 1. The molecule has 3 rings (SSSR count). The van der Waals surface area contributed by atoms with Crippen molar-refractivity contribution in [1.82, 2.24) is 10.2 Å². The molecule has 2 N–H and O–H groups in total. The van der Waals surface area contributed by atoms with Gasteiger partial charge >= 0.3 is 0 Å². The molecule has 3 aliphatic rings. The van der Waals surface area contributed by atoms with Crippen molar-refractivity contribution in [2.45, 2.75) is 68.7 Å². The van der Waals surface area contributed by atoms with Gasteiger partial charge in [0.25, 0.3) is 0 Å². The van der Waals surface area contributed by atoms with Crippen LogP contribution in [0.1, 0.15) is 44.9 Å². The predicted octanol–water partition coefficient (Wildman–Crippen LogP) is 1.13. The molecule has 4 atom stereocenters. The van der Waals surface area contributed by atoms with Crippen molar-refractivity contribution in [2.24, 2.45) is 0 Å². The second-order valence-electron chi connectivity index (χ2n) is 6.58. The minimum atomic E-state index is -0.0346. The van der Waals surface area contributed by atoms with Crippen LogP contribution in [0.5, 0.6) is 0 Å². The van der Waals surface area contributed by atoms with Crippen molar-refractivity contribution in [3.63, 3.8) is 0 Å². The first-order valence-corrected chi connectivity index (χ1v) is 7.95. The van der Waals surface area contributed by atoms with Crippen molar-refractivity contribution < 1.29 is 9.84 Å². The van der Waals surface area contributed by atoms with Gasteiger partial charge in [0.05, 0.1) is 19.3 Å². The number of fused-ring (bicyclic) bond motifs is 1. The lowest BCUT2D eigenvalue weighted by atomic mass is 9.88. The highest BCUT2D eigenvalue weighted by Crippen LogP contribution is 2.37. The minimum Gasteiger partial charge on any atom is -0.394 e. The summed E-state index contributed by atoms with van der Waals surface area (Å²) in [4.78, 5) is 2.71. The number of hydrogen-bond acceptors (Lipinski definition) is 4. The highest BCUT2D eigenvalue weighted by atomic mass is 16.5. The van der Waals surface area contributed by atoms with Crippen LogP contribution in [0.2, 0.25) is 0 Å². The smallest absolute Gasteiger partial charge is 0.0731 e. The Morgan fingerprint density at radius 1 is 1.32 bits per heavy atom. The quantitative estimate of drug-likeness (QED) is 0.805. The Morgan fingerprint density at radius 3 is 2.89 bits per heavy atom. The molecule has 2 saturated carbocycles. The van der Waals surface area contributed by atoms with Gasteiger partial charge in [-0.3, -0.25) is 4.90 Å². The number of rotatable bonds is 3. The van der Waals surface area contributed by atoms with Gasteiger partial charge in [-0.15, -0.1) is 0 Å². The topological polar surface area (TPSA) is 44.7 Å². The molecule has 4 unspecified atom stereocenters. The van der Waals surface area contributed by atoms with E-state index in [4.69, 9.17) is 4.74 Å². The predicted molar refractivity (Wildman–Crippen MR) is 75.2 cm³/mol. The summed E-state index contributed by atoms with van der Waals surface area (Å²) in [5, 5.41) is 13.0. The van der Waals surface area contributed by atoms with E-state index in [9.17, 15) is 5.11 Å². The summed E-state index contributed by atoms with van der Waals surface area (Å²) in [5.41, 5.74) is -0.0346. The Kier molecular flexibility index (Phi) is 4.13. The third-order valence-electron chi connectivity index (χ3n) is 5.66. The second-order valence-corrected chi connectivity index (χ2v) is 6.58. The lowest BCUT2D eigenvalue weighted by Crippen LogP contribution is -2.56. The van der Waals surface area contributed by atoms with Gasteiger partial charge in [0.2, 0.25) is 0 Å². The van der Waals surface area contributed by atoms with Crippen molar-refractivity contribution in [3.05, 3.63) is 0 Å². The molecule has 1 saturated heterocycles. The Balaban J connectivity index is 1.68. The van der Waals surface area contributed by atoms with Gasteiger partial charge in [-0.25, -0.2) is 0 Å². The fourth-order valence-electron chi connectivity index (χ4n) is 4.41. The number of hydrogen-bond donors (Lipinski definition) is 2. The lowest BCUT2D eigenvalue weighted by Gasteiger charge is -2.47. The Labute approximate surface area is 116 Å². The molecule has 19 heavy (non-hydrogen) atoms. The number of ether oxygens (including phenoxy) is 1. The molecular formula is C15H28N2O2. The first kappa shape index (κ1) is 13.8. The van der Waals surface area contributed by atoms with E-state index in [0.29, 0.717) is 18.2 Å². The number of likely N-dealkylation sites (N-methyl/N-ethyl adjacent to an activating group) is 1. The van der Waals surface area contributed by atoms with Crippen molar-refractivity contribution in [1.29, 1.82) is 0 Å². The molecule has 0 aromatic carbocycles. The number of nitrogens with zero attached hydrogens (tertiary/aromatic N) is 1. The normalized spacial score (nSPS) is 44.2. The summed E-state index contributed by atoms with van der Waals surface area (Å²) in [6.45, 7) is 2.23. The third-order valence-corrected chi connectivity index (χ3v) is 5.66. The van der Waals surface area contributed by atoms with Gasteiger partial charge in [0, 0.05) is 24.2 Å². The average molecular weight is 268 g/mol. The highest BCUT2D eigenvalue weighted by Gasteiger charge is 2.44. The molecule has 1 heterocycles. The van der Waals surface area contributed by atoms with Crippen molar-refractivity contribution >= 4 is 0 Å². The molecule has 1 aliphatic heterocycles. The molecule has 110 valence electrons. The van der Waals surface area contributed by atoms with Gasteiger partial charge in [-0.1, -0.05) is 12.8 Å². The van der Waals surface area contributed by atoms with Crippen LogP contribution in [0.15, 0.2) is 0 Å². The molecule has 0 amide bonds. The SMILES string of the molecule is CNC1(CO)CCC(N2CCOC3CCCCC32)C1. The van der Waals surface area contributed by atoms with Gasteiger partial charge in [-0.2, -0.15) is 0 Å². The van der Waals surface area contributed by atoms with E-state index in [1.54, 1.807) is 0 Å². The number of morpholine rings is 1. The second kappa shape index (κ2) is 5.68. The van der Waals surface area contributed by atoms with Crippen molar-refractivity contribution in [3.8, 4) is 0 Å². The van der Waals surface area contributed by atoms with E-state index >= 15 is 0 Å². The minimum absolute atomic E-state index is 0.0346. The molecule has 2 aliphatic carbocycles. The Hall–Kier alpha value is -0.160. The fourth-order valence-corrected chi connectivity index (χ4v) is 4.41. The molecule has 0 radical (unpaired) electrons. The standard InChI is InChI=1S/C15H28N2O2/c1-16-15(11-18)7-6-12(10-15)17-8-9-19-14-5-3-2-4-13(14)17/h12-14,16,18H,2-11H2,1H3. The number of aliphatic hydroxyl groups excluding tert-OH is 1. The lowest BCUT2D eigenvalue weighted by molar-refractivity contribution is -0.102. The summed E-state index contributed by atoms with van der Waals surface area (Å²) >= 11 is 0. The maximum Gasteiger partial charge on any atom is 0.0731 e. The first-order chi connectivity index (χ1) is 9.28. The summed E-state index contributed by atoms with van der Waals surface area (Å²) in [5.74, 6) is 0. The summed E-state index contributed by atoms with van der Waals surface area (Å²) in [6.07, 6.45) is 9.09. The average Bonchev–Trinajstić information content (AvgIpc) is 2.92. The van der Waals surface area contributed by atoms with Crippen LogP contribution < -0.4 is 5.32 Å². The maximum absolute atomic E-state index is 9.66. The van der Waals surface area contributed by atoms with Gasteiger partial charge in [0.15, 0.2) is 0 Å². The first-order valence-electron chi connectivity index (χ1n) is 7.95. The Bertz CT molecular complexity index is 305. The molecule has 0 bridgehead atoms. The van der Waals surface area contributed by atoms with Crippen LogP contribution in [0.3, 0.4) is 0 Å².